The van der Waals surface area contributed by atoms with Gasteiger partial charge >= 0.3 is 0 Å². The second kappa shape index (κ2) is 5.87. The van der Waals surface area contributed by atoms with Crippen molar-refractivity contribution in [3.63, 3.8) is 0 Å². The fraction of sp³-hybridized carbons (Fsp3) is 0.533. The van der Waals surface area contributed by atoms with Gasteiger partial charge < -0.3 is 4.90 Å². The molecular weight excluding hydrogens is 290 g/mol. The average Bonchev–Trinajstić information content (AvgIpc) is 2.37. The monoisotopic (exact) mass is 309 g/mol. The highest BCUT2D eigenvalue weighted by atomic mass is 79.9. The van der Waals surface area contributed by atoms with Gasteiger partial charge in [-0.05, 0) is 49.4 Å². The Labute approximate surface area is 117 Å². The average molecular weight is 310 g/mol. The van der Waals surface area contributed by atoms with Crippen LogP contribution in [-0.2, 0) is 0 Å². The number of benzene rings is 1. The van der Waals surface area contributed by atoms with Crippen molar-refractivity contribution in [2.45, 2.75) is 33.1 Å². The molecule has 1 aliphatic heterocycles. The molecule has 18 heavy (non-hydrogen) atoms. The lowest BCUT2D eigenvalue weighted by atomic mass is 9.94. The van der Waals surface area contributed by atoms with Crippen molar-refractivity contribution in [1.82, 2.24) is 4.90 Å². The summed E-state index contributed by atoms with van der Waals surface area (Å²) < 4.78 is 0.981. The molecule has 0 aliphatic carbocycles. The van der Waals surface area contributed by atoms with Crippen LogP contribution in [0.15, 0.2) is 22.7 Å². The van der Waals surface area contributed by atoms with Crippen LogP contribution >= 0.6 is 15.9 Å². The molecule has 0 atom stereocenters. The number of halogens is 1. The van der Waals surface area contributed by atoms with E-state index in [1.165, 1.54) is 6.42 Å². The number of amides is 1. The van der Waals surface area contributed by atoms with Crippen LogP contribution in [0.4, 0.5) is 0 Å². The lowest BCUT2D eigenvalue weighted by Gasteiger charge is -2.31. The van der Waals surface area contributed by atoms with Crippen molar-refractivity contribution in [1.29, 1.82) is 0 Å². The van der Waals surface area contributed by atoms with E-state index in [0.29, 0.717) is 0 Å². The number of aryl methyl sites for hydroxylation is 1. The van der Waals surface area contributed by atoms with E-state index in [4.69, 9.17) is 0 Å². The van der Waals surface area contributed by atoms with Gasteiger partial charge in [0.1, 0.15) is 0 Å². The Morgan fingerprint density at radius 2 is 2.00 bits per heavy atom. The molecule has 0 unspecified atom stereocenters. The molecular formula is C15H20BrNO. The highest BCUT2D eigenvalue weighted by Gasteiger charge is 2.22. The Bertz CT molecular complexity index is 416. The highest BCUT2D eigenvalue weighted by Crippen LogP contribution is 2.23. The van der Waals surface area contributed by atoms with Crippen LogP contribution in [0.25, 0.3) is 0 Å². The van der Waals surface area contributed by atoms with E-state index in [2.05, 4.69) is 22.9 Å². The summed E-state index contributed by atoms with van der Waals surface area (Å²) in [6.07, 6.45) is 3.53. The Morgan fingerprint density at radius 1 is 1.33 bits per heavy atom. The zero-order valence-electron chi connectivity index (χ0n) is 11.1. The topological polar surface area (TPSA) is 20.3 Å². The van der Waals surface area contributed by atoms with Crippen LogP contribution in [0.2, 0.25) is 0 Å². The molecule has 0 aromatic heterocycles. The first-order valence-electron chi connectivity index (χ1n) is 6.66. The van der Waals surface area contributed by atoms with E-state index in [1.54, 1.807) is 0 Å². The van der Waals surface area contributed by atoms with E-state index in [0.717, 1.165) is 47.4 Å². The number of nitrogens with zero attached hydrogens (tertiary/aromatic N) is 1. The molecule has 0 radical (unpaired) electrons. The van der Waals surface area contributed by atoms with Gasteiger partial charge in [0.15, 0.2) is 0 Å². The number of hydrogen-bond acceptors (Lipinski definition) is 1. The van der Waals surface area contributed by atoms with Crippen molar-refractivity contribution in [3.05, 3.63) is 33.8 Å². The molecule has 3 heteroatoms. The molecule has 1 aromatic carbocycles. The number of carbonyl (C=O) groups excluding carboxylic acids is 1. The molecule has 1 heterocycles. The fourth-order valence-corrected chi connectivity index (χ4v) is 3.19. The number of likely N-dealkylation sites (tertiary alicyclic amines) is 1. The minimum atomic E-state index is 0.175. The largest absolute Gasteiger partial charge is 0.339 e. The summed E-state index contributed by atoms with van der Waals surface area (Å²) in [7, 11) is 0. The zero-order valence-corrected chi connectivity index (χ0v) is 12.7. The van der Waals surface area contributed by atoms with Gasteiger partial charge in [0.25, 0.3) is 5.91 Å². The van der Waals surface area contributed by atoms with Crippen molar-refractivity contribution in [2.75, 3.05) is 13.1 Å². The lowest BCUT2D eigenvalue weighted by Crippen LogP contribution is -2.38. The van der Waals surface area contributed by atoms with E-state index in [1.807, 2.05) is 30.0 Å². The third kappa shape index (κ3) is 3.14. The Balaban J connectivity index is 2.07. The summed E-state index contributed by atoms with van der Waals surface area (Å²) in [4.78, 5) is 14.4. The van der Waals surface area contributed by atoms with Gasteiger partial charge in [-0.1, -0.05) is 29.3 Å². The van der Waals surface area contributed by atoms with Crippen molar-refractivity contribution in [2.24, 2.45) is 5.92 Å². The SMILES string of the molecule is CCC1CCN(C(=O)c2cc(C)cc(Br)c2)CC1. The summed E-state index contributed by atoms with van der Waals surface area (Å²) >= 11 is 3.46. The number of hydrogen-bond donors (Lipinski definition) is 0. The minimum absolute atomic E-state index is 0.175. The first-order valence-corrected chi connectivity index (χ1v) is 7.46. The highest BCUT2D eigenvalue weighted by molar-refractivity contribution is 9.10. The molecule has 2 rings (SSSR count). The van der Waals surface area contributed by atoms with E-state index >= 15 is 0 Å². The van der Waals surface area contributed by atoms with Gasteiger partial charge in [-0.25, -0.2) is 0 Å². The molecule has 0 N–H and O–H groups in total. The summed E-state index contributed by atoms with van der Waals surface area (Å²) in [6, 6.07) is 5.92. The van der Waals surface area contributed by atoms with Gasteiger partial charge in [0.05, 0.1) is 0 Å². The van der Waals surface area contributed by atoms with Crippen LogP contribution in [-0.4, -0.2) is 23.9 Å². The third-order valence-corrected chi connectivity index (χ3v) is 4.23. The molecule has 1 aromatic rings. The maximum Gasteiger partial charge on any atom is 0.253 e. The quantitative estimate of drug-likeness (QED) is 0.808. The smallest absolute Gasteiger partial charge is 0.253 e. The first kappa shape index (κ1) is 13.6. The van der Waals surface area contributed by atoms with Gasteiger partial charge in [-0.3, -0.25) is 4.79 Å². The van der Waals surface area contributed by atoms with Gasteiger partial charge in [0.2, 0.25) is 0 Å². The van der Waals surface area contributed by atoms with Crippen molar-refractivity contribution >= 4 is 21.8 Å². The van der Waals surface area contributed by atoms with Crippen LogP contribution in [0, 0.1) is 12.8 Å². The normalized spacial score (nSPS) is 16.9. The molecule has 98 valence electrons. The van der Waals surface area contributed by atoms with Gasteiger partial charge in [-0.15, -0.1) is 0 Å². The van der Waals surface area contributed by atoms with Gasteiger partial charge in [-0.2, -0.15) is 0 Å². The third-order valence-electron chi connectivity index (χ3n) is 3.77. The first-order chi connectivity index (χ1) is 8.60. The van der Waals surface area contributed by atoms with Crippen molar-refractivity contribution < 1.29 is 4.79 Å². The Hall–Kier alpha value is -0.830. The van der Waals surface area contributed by atoms with E-state index in [9.17, 15) is 4.79 Å². The number of rotatable bonds is 2. The molecule has 0 spiro atoms. The molecule has 2 nitrogen and oxygen atoms in total. The fourth-order valence-electron chi connectivity index (χ4n) is 2.59. The summed E-state index contributed by atoms with van der Waals surface area (Å²) in [6.45, 7) is 6.07. The maximum atomic E-state index is 12.4. The molecule has 0 saturated carbocycles. The second-order valence-corrected chi connectivity index (χ2v) is 6.08. The maximum absolute atomic E-state index is 12.4. The lowest BCUT2D eigenvalue weighted by molar-refractivity contribution is 0.0688. The molecule has 1 aliphatic rings. The molecule has 1 amide bonds. The van der Waals surface area contributed by atoms with Crippen LogP contribution < -0.4 is 0 Å². The Kier molecular flexibility index (Phi) is 4.44. The van der Waals surface area contributed by atoms with Crippen LogP contribution in [0.1, 0.15) is 42.1 Å². The standard InChI is InChI=1S/C15H20BrNO/c1-3-12-4-6-17(7-5-12)15(18)13-8-11(2)9-14(16)10-13/h8-10,12H,3-7H2,1-2H3. The van der Waals surface area contributed by atoms with Crippen LogP contribution in [0.5, 0.6) is 0 Å². The van der Waals surface area contributed by atoms with Gasteiger partial charge in [0, 0.05) is 23.1 Å². The predicted molar refractivity (Wildman–Crippen MR) is 77.8 cm³/mol. The summed E-state index contributed by atoms with van der Waals surface area (Å²) in [5.74, 6) is 0.979. The zero-order chi connectivity index (χ0) is 13.1. The predicted octanol–water partition coefficient (Wildman–Crippen LogP) is 4.02. The Morgan fingerprint density at radius 3 is 2.56 bits per heavy atom. The summed E-state index contributed by atoms with van der Waals surface area (Å²) in [5, 5.41) is 0. The van der Waals surface area contributed by atoms with E-state index < -0.39 is 0 Å². The van der Waals surface area contributed by atoms with Crippen molar-refractivity contribution in [3.8, 4) is 0 Å². The second-order valence-electron chi connectivity index (χ2n) is 5.16. The minimum Gasteiger partial charge on any atom is -0.339 e. The number of carbonyl (C=O) groups is 1. The molecule has 1 saturated heterocycles. The molecule has 1 fully saturated rings. The van der Waals surface area contributed by atoms with Crippen LogP contribution in [0.3, 0.4) is 0 Å². The molecule has 0 bridgehead atoms. The van der Waals surface area contributed by atoms with E-state index in [-0.39, 0.29) is 5.91 Å². The summed E-state index contributed by atoms with van der Waals surface area (Å²) in [5.41, 5.74) is 1.92. The number of piperidine rings is 1.